The van der Waals surface area contributed by atoms with Gasteiger partial charge in [0.1, 0.15) is 41.0 Å². The maximum absolute atomic E-state index is 14.0. The Morgan fingerprint density at radius 1 is 0.985 bits per heavy atom. The summed E-state index contributed by atoms with van der Waals surface area (Å²) in [6.45, 7) is 14.6. The summed E-state index contributed by atoms with van der Waals surface area (Å²) in [5.74, 6) is -3.38. The molecule has 0 aliphatic carbocycles. The van der Waals surface area contributed by atoms with E-state index in [0.29, 0.717) is 41.8 Å². The number of fused-ring (bicyclic) bond motifs is 4. The molecule has 1 aromatic carbocycles. The van der Waals surface area contributed by atoms with Crippen LogP contribution in [-0.4, -0.2) is 134 Å². The average molecular weight is 968 g/mol. The number of aryl methyl sites for hydroxylation is 2. The first-order valence-electron chi connectivity index (χ1n) is 21.8. The predicted octanol–water partition coefficient (Wildman–Crippen LogP) is 1.51. The largest absolute Gasteiger partial charge is 0.368 e. The monoisotopic (exact) mass is 966 g/mol. The third-order valence-corrected chi connectivity index (χ3v) is 14.1. The average Bonchev–Trinajstić information content (AvgIpc) is 3.93. The first-order valence-corrected chi connectivity index (χ1v) is 24.1. The Morgan fingerprint density at radius 3 is 2.38 bits per heavy atom. The van der Waals surface area contributed by atoms with Crippen molar-refractivity contribution in [1.29, 1.82) is 0 Å². The van der Waals surface area contributed by atoms with Gasteiger partial charge in [-0.3, -0.25) is 43.1 Å². The van der Waals surface area contributed by atoms with Crippen LogP contribution >= 0.6 is 34.7 Å². The molecule has 6 rings (SSSR count). The number of amides is 7. The first kappa shape index (κ1) is 50.0. The Labute approximate surface area is 397 Å². The van der Waals surface area contributed by atoms with E-state index in [0.717, 1.165) is 38.3 Å². The summed E-state index contributed by atoms with van der Waals surface area (Å²) in [5.41, 5.74) is 7.45. The summed E-state index contributed by atoms with van der Waals surface area (Å²) in [6.07, 6.45) is 0.825. The number of thioether (sulfide) groups is 1. The molecule has 356 valence electrons. The molecular weight excluding hydrogens is 908 g/mol. The molecule has 2 saturated heterocycles. The van der Waals surface area contributed by atoms with Crippen molar-refractivity contribution in [3.63, 3.8) is 0 Å². The van der Waals surface area contributed by atoms with E-state index in [-0.39, 0.29) is 42.8 Å². The van der Waals surface area contributed by atoms with Crippen LogP contribution in [0.25, 0.3) is 5.00 Å². The van der Waals surface area contributed by atoms with E-state index in [1.54, 1.807) is 37.3 Å². The number of halogens is 1. The van der Waals surface area contributed by atoms with Gasteiger partial charge in [-0.25, -0.2) is 0 Å². The number of nitrogens with one attached hydrogen (secondary N) is 6. The summed E-state index contributed by atoms with van der Waals surface area (Å²) in [5, 5.41) is 27.1. The van der Waals surface area contributed by atoms with E-state index < -0.39 is 77.2 Å². The summed E-state index contributed by atoms with van der Waals surface area (Å²) < 4.78 is 1.91. The Morgan fingerprint density at radius 2 is 1.70 bits per heavy atom. The Balaban J connectivity index is 1.23. The molecule has 0 spiro atoms. The van der Waals surface area contributed by atoms with Crippen molar-refractivity contribution >= 4 is 81.8 Å². The van der Waals surface area contributed by atoms with Crippen LogP contribution in [0.3, 0.4) is 0 Å². The molecule has 3 aliphatic heterocycles. The molecule has 5 heterocycles. The number of nitrogens with zero attached hydrogens (tertiary/aromatic N) is 5. The van der Waals surface area contributed by atoms with E-state index >= 15 is 0 Å². The van der Waals surface area contributed by atoms with Gasteiger partial charge in [-0.2, -0.15) is 0 Å². The molecule has 3 aliphatic rings. The van der Waals surface area contributed by atoms with Crippen LogP contribution < -0.4 is 37.6 Å². The summed E-state index contributed by atoms with van der Waals surface area (Å²) in [6, 6.07) is 2.05. The van der Waals surface area contributed by atoms with Crippen LogP contribution in [0.2, 0.25) is 5.02 Å². The fourth-order valence-corrected chi connectivity index (χ4v) is 10.3. The second-order valence-corrected chi connectivity index (χ2v) is 21.2. The molecule has 0 radical (unpaired) electrons. The number of aliphatic imine (C=N–C) groups is 1. The molecule has 3 aromatic rings. The van der Waals surface area contributed by atoms with Crippen molar-refractivity contribution < 1.29 is 33.6 Å². The maximum Gasteiger partial charge on any atom is 0.246 e. The minimum absolute atomic E-state index is 0.123. The van der Waals surface area contributed by atoms with Gasteiger partial charge in [0.05, 0.1) is 24.4 Å². The molecule has 1 unspecified atom stereocenters. The van der Waals surface area contributed by atoms with Gasteiger partial charge >= 0.3 is 0 Å². The first-order chi connectivity index (χ1) is 31.0. The molecule has 7 amide bonds. The third-order valence-electron chi connectivity index (χ3n) is 11.6. The van der Waals surface area contributed by atoms with Crippen LogP contribution in [0.4, 0.5) is 0 Å². The van der Waals surface area contributed by atoms with Gasteiger partial charge in [0.15, 0.2) is 5.82 Å². The van der Waals surface area contributed by atoms with Gasteiger partial charge in [0.2, 0.25) is 41.4 Å². The molecular formula is C44H59ClN12O7S2. The Hall–Kier alpha value is -5.38. The van der Waals surface area contributed by atoms with E-state index in [9.17, 15) is 33.6 Å². The molecule has 22 heteroatoms. The van der Waals surface area contributed by atoms with Gasteiger partial charge in [-0.1, -0.05) is 44.5 Å². The van der Waals surface area contributed by atoms with Gasteiger partial charge in [0, 0.05) is 52.0 Å². The summed E-state index contributed by atoms with van der Waals surface area (Å²) in [7, 11) is 0. The topological polar surface area (TPSA) is 264 Å². The highest BCUT2D eigenvalue weighted by atomic mass is 35.5. The van der Waals surface area contributed by atoms with Crippen LogP contribution in [-0.2, 0) is 33.6 Å². The lowest BCUT2D eigenvalue weighted by molar-refractivity contribution is -0.144. The standard InChI is InChI=1S/C44H59ClN12O7S2/c1-22-23(2)66-42-34(22)35(25-11-13-26(45)14-12-25)50-27(38-55-54-24(3)57(38)42)16-31(58)48-17-28-39(62)51-29(37(46)61)19-65-20-33(60)52-36(43(4,5)6)41(64)56-15-9-10-30(56)40(63)53-44(7,8)21-47-18-32(59)49-28/h11-14,27-30,36,47H,9-10,15-21H2,1-8H3,(H2,46,61)(H,48,58)(H,49,59)(H,51,62)(H,52,60)(H,53,63)/t27-,28+,29+,30-,36?/m0/s1. The van der Waals surface area contributed by atoms with Crippen molar-refractivity contribution in [1.82, 2.24) is 51.6 Å². The number of thiophene rings is 1. The van der Waals surface area contributed by atoms with E-state index in [2.05, 4.69) is 42.1 Å². The van der Waals surface area contributed by atoms with Crippen LogP contribution in [0, 0.1) is 26.2 Å². The number of hydrogen-bond acceptors (Lipinski definition) is 13. The minimum atomic E-state index is -1.39. The number of nitrogens with two attached hydrogens (primary N) is 1. The Kier molecular flexibility index (Phi) is 15.7. The quantitative estimate of drug-likeness (QED) is 0.186. The van der Waals surface area contributed by atoms with Crippen molar-refractivity contribution in [2.75, 3.05) is 37.7 Å². The second kappa shape index (κ2) is 20.6. The normalized spacial score (nSPS) is 23.7. The predicted molar refractivity (Wildman–Crippen MR) is 252 cm³/mol. The lowest BCUT2D eigenvalue weighted by Crippen LogP contribution is -2.60. The number of aromatic nitrogens is 3. The highest BCUT2D eigenvalue weighted by molar-refractivity contribution is 8.00. The van der Waals surface area contributed by atoms with Gasteiger partial charge in [-0.05, 0) is 70.6 Å². The van der Waals surface area contributed by atoms with E-state index in [1.807, 2.05) is 58.2 Å². The van der Waals surface area contributed by atoms with Gasteiger partial charge in [0.25, 0.3) is 0 Å². The van der Waals surface area contributed by atoms with Crippen LogP contribution in [0.15, 0.2) is 29.3 Å². The molecule has 2 fully saturated rings. The van der Waals surface area contributed by atoms with Gasteiger partial charge in [-0.15, -0.1) is 33.3 Å². The van der Waals surface area contributed by atoms with Gasteiger partial charge < -0.3 is 42.5 Å². The number of carbonyl (C=O) groups excluding carboxylic acids is 7. The highest BCUT2D eigenvalue weighted by Gasteiger charge is 2.43. The number of benzene rings is 1. The second-order valence-electron chi connectivity index (χ2n) is 18.5. The fourth-order valence-electron chi connectivity index (χ4n) is 8.06. The molecule has 0 bridgehead atoms. The number of hydrogen-bond donors (Lipinski definition) is 7. The summed E-state index contributed by atoms with van der Waals surface area (Å²) >= 11 is 8.83. The molecule has 5 atom stereocenters. The lowest BCUT2D eigenvalue weighted by atomic mass is 9.85. The minimum Gasteiger partial charge on any atom is -0.368 e. The number of primary amides is 1. The molecule has 2 aromatic heterocycles. The number of carbonyl (C=O) groups is 7. The zero-order valence-electron chi connectivity index (χ0n) is 38.4. The maximum atomic E-state index is 14.0. The number of rotatable bonds is 6. The third kappa shape index (κ3) is 11.8. The zero-order chi connectivity index (χ0) is 48.2. The van der Waals surface area contributed by atoms with Crippen molar-refractivity contribution in [2.24, 2.45) is 16.1 Å². The lowest BCUT2D eigenvalue weighted by Gasteiger charge is -2.36. The van der Waals surface area contributed by atoms with Crippen molar-refractivity contribution in [2.45, 2.75) is 110 Å². The molecule has 19 nitrogen and oxygen atoms in total. The SMILES string of the molecule is Cc1sc2c(c1C)C(c1ccc(Cl)cc1)=N[C@@H](CC(=O)NC[C@H]1NC(=O)CNCC(C)(C)NC(=O)[C@@H]3CCCN3C(=O)C(C(C)(C)C)NC(=O)CSC[C@H](C(N)=O)NC1=O)c1nnc(C)n1-2. The van der Waals surface area contributed by atoms with Crippen LogP contribution in [0.5, 0.6) is 0 Å². The van der Waals surface area contributed by atoms with Crippen molar-refractivity contribution in [3.05, 3.63) is 62.5 Å². The van der Waals surface area contributed by atoms with E-state index in [4.69, 9.17) is 22.3 Å². The molecule has 0 saturated carbocycles. The zero-order valence-corrected chi connectivity index (χ0v) is 40.8. The summed E-state index contributed by atoms with van der Waals surface area (Å²) in [4.78, 5) is 103. The smallest absolute Gasteiger partial charge is 0.246 e. The van der Waals surface area contributed by atoms with E-state index in [1.165, 1.54) is 4.90 Å². The Bertz CT molecular complexity index is 2410. The highest BCUT2D eigenvalue weighted by Crippen LogP contribution is 2.39. The molecule has 8 N–H and O–H groups in total. The molecule has 66 heavy (non-hydrogen) atoms. The van der Waals surface area contributed by atoms with Crippen molar-refractivity contribution in [3.8, 4) is 5.00 Å². The van der Waals surface area contributed by atoms with Crippen LogP contribution in [0.1, 0.15) is 93.1 Å². The fraction of sp³-hybridized carbons (Fsp3) is 0.545.